The van der Waals surface area contributed by atoms with Gasteiger partial charge in [-0.3, -0.25) is 9.59 Å². The first-order valence-corrected chi connectivity index (χ1v) is 10.1. The van der Waals surface area contributed by atoms with Crippen LogP contribution in [0.15, 0.2) is 47.4 Å². The number of nitrogens with one attached hydrogen (secondary N) is 1. The van der Waals surface area contributed by atoms with Gasteiger partial charge in [0.15, 0.2) is 0 Å². The van der Waals surface area contributed by atoms with Crippen LogP contribution in [0.3, 0.4) is 0 Å². The van der Waals surface area contributed by atoms with Crippen molar-refractivity contribution in [2.45, 2.75) is 29.5 Å². The first-order chi connectivity index (χ1) is 13.3. The van der Waals surface area contributed by atoms with Gasteiger partial charge in [-0.2, -0.15) is 8.78 Å². The zero-order valence-corrected chi connectivity index (χ0v) is 16.8. The lowest BCUT2D eigenvalue weighted by Crippen LogP contribution is -2.43. The van der Waals surface area contributed by atoms with E-state index in [9.17, 15) is 18.4 Å². The summed E-state index contributed by atoms with van der Waals surface area (Å²) in [4.78, 5) is 27.4. The molecule has 4 nitrogen and oxygen atoms in total. The highest BCUT2D eigenvalue weighted by atomic mass is 35.5. The fraction of sp³-hybridized carbons (Fsp3) is 0.263. The van der Waals surface area contributed by atoms with Gasteiger partial charge in [0, 0.05) is 22.2 Å². The first-order valence-electron chi connectivity index (χ1n) is 8.47. The van der Waals surface area contributed by atoms with Gasteiger partial charge >= 0.3 is 0 Å². The molecule has 1 saturated heterocycles. The molecule has 2 aromatic rings. The van der Waals surface area contributed by atoms with Crippen LogP contribution in [0.2, 0.25) is 10.0 Å². The van der Waals surface area contributed by atoms with Crippen molar-refractivity contribution in [1.82, 2.24) is 4.90 Å². The predicted octanol–water partition coefficient (Wildman–Crippen LogP) is 5.55. The van der Waals surface area contributed by atoms with Crippen LogP contribution < -0.4 is 5.32 Å². The van der Waals surface area contributed by atoms with E-state index in [-0.39, 0.29) is 22.4 Å². The van der Waals surface area contributed by atoms with Gasteiger partial charge < -0.3 is 10.2 Å². The van der Waals surface area contributed by atoms with Crippen molar-refractivity contribution in [3.05, 3.63) is 58.1 Å². The number of hydrogen-bond donors (Lipinski definition) is 1. The topological polar surface area (TPSA) is 49.4 Å². The van der Waals surface area contributed by atoms with Crippen molar-refractivity contribution in [2.75, 3.05) is 11.9 Å². The molecule has 9 heteroatoms. The minimum absolute atomic E-state index is 0.240. The molecule has 0 aromatic heterocycles. The molecule has 1 aliphatic heterocycles. The molecular formula is C19H16Cl2F2N2O2S. The minimum atomic E-state index is -2.55. The van der Waals surface area contributed by atoms with Gasteiger partial charge in [-0.25, -0.2) is 0 Å². The predicted molar refractivity (Wildman–Crippen MR) is 107 cm³/mol. The van der Waals surface area contributed by atoms with Crippen LogP contribution in [0.1, 0.15) is 23.2 Å². The number of carbonyl (C=O) groups is 2. The molecule has 1 unspecified atom stereocenters. The van der Waals surface area contributed by atoms with Crippen LogP contribution in [-0.4, -0.2) is 35.1 Å². The number of carbonyl (C=O) groups excluding carboxylic acids is 2. The lowest BCUT2D eigenvalue weighted by molar-refractivity contribution is -0.119. The van der Waals surface area contributed by atoms with Crippen molar-refractivity contribution in [2.24, 2.45) is 0 Å². The quantitative estimate of drug-likeness (QED) is 0.614. The molecule has 1 N–H and O–H groups in total. The van der Waals surface area contributed by atoms with Gasteiger partial charge in [0.1, 0.15) is 6.04 Å². The Bertz CT molecular complexity index is 898. The third-order valence-corrected chi connectivity index (χ3v) is 5.57. The van der Waals surface area contributed by atoms with Crippen LogP contribution in [0.4, 0.5) is 14.5 Å². The number of likely N-dealkylation sites (tertiary alicyclic amines) is 1. The molecule has 0 radical (unpaired) electrons. The summed E-state index contributed by atoms with van der Waals surface area (Å²) in [5.41, 5.74) is 0.639. The van der Waals surface area contributed by atoms with E-state index in [1.807, 2.05) is 0 Å². The number of benzene rings is 2. The maximum Gasteiger partial charge on any atom is 0.288 e. The van der Waals surface area contributed by atoms with Crippen molar-refractivity contribution in [3.63, 3.8) is 0 Å². The molecule has 2 amide bonds. The van der Waals surface area contributed by atoms with Crippen molar-refractivity contribution in [1.29, 1.82) is 0 Å². The molecule has 1 aliphatic rings. The normalized spacial score (nSPS) is 16.5. The van der Waals surface area contributed by atoms with E-state index in [0.717, 1.165) is 0 Å². The Balaban J connectivity index is 1.74. The Hall–Kier alpha value is -1.83. The fourth-order valence-electron chi connectivity index (χ4n) is 3.07. The second-order valence-corrected chi connectivity index (χ2v) is 8.08. The van der Waals surface area contributed by atoms with Crippen LogP contribution in [-0.2, 0) is 4.79 Å². The Morgan fingerprint density at radius 2 is 1.96 bits per heavy atom. The van der Waals surface area contributed by atoms with Gasteiger partial charge in [0.25, 0.3) is 11.7 Å². The van der Waals surface area contributed by atoms with E-state index in [4.69, 9.17) is 23.2 Å². The van der Waals surface area contributed by atoms with Crippen molar-refractivity contribution < 1.29 is 18.4 Å². The average molecular weight is 445 g/mol. The summed E-state index contributed by atoms with van der Waals surface area (Å²) in [6.07, 6.45) is 1.17. The Labute approximate surface area is 175 Å². The number of hydrogen-bond acceptors (Lipinski definition) is 3. The highest BCUT2D eigenvalue weighted by Gasteiger charge is 2.35. The molecule has 0 bridgehead atoms. The maximum atomic E-state index is 12.9. The molecule has 1 atom stereocenters. The second-order valence-electron chi connectivity index (χ2n) is 6.18. The average Bonchev–Trinajstić information content (AvgIpc) is 3.13. The smallest absolute Gasteiger partial charge is 0.288 e. The lowest BCUT2D eigenvalue weighted by atomic mass is 10.1. The van der Waals surface area contributed by atoms with Crippen LogP contribution >= 0.6 is 35.0 Å². The van der Waals surface area contributed by atoms with E-state index in [1.165, 1.54) is 23.1 Å². The SMILES string of the molecule is O=C(Nc1cccc(SC(F)F)c1)C1CCCN1C(=O)c1cc(Cl)ccc1Cl. The first kappa shape index (κ1) is 20.9. The summed E-state index contributed by atoms with van der Waals surface area (Å²) in [6.45, 7) is 0.418. The monoisotopic (exact) mass is 444 g/mol. The maximum absolute atomic E-state index is 12.9. The van der Waals surface area contributed by atoms with E-state index >= 15 is 0 Å². The second kappa shape index (κ2) is 9.11. The molecular weight excluding hydrogens is 429 g/mol. The van der Waals surface area contributed by atoms with E-state index < -0.39 is 11.8 Å². The molecule has 28 heavy (non-hydrogen) atoms. The summed E-state index contributed by atoms with van der Waals surface area (Å²) in [5.74, 6) is -3.29. The highest BCUT2D eigenvalue weighted by Crippen LogP contribution is 2.29. The third kappa shape index (κ3) is 4.96. The number of anilines is 1. The summed E-state index contributed by atoms with van der Waals surface area (Å²) >= 11 is 12.5. The van der Waals surface area contributed by atoms with Gasteiger partial charge in [-0.1, -0.05) is 41.0 Å². The number of amides is 2. The van der Waals surface area contributed by atoms with Gasteiger partial charge in [0.05, 0.1) is 10.6 Å². The van der Waals surface area contributed by atoms with E-state index in [0.29, 0.717) is 46.8 Å². The minimum Gasteiger partial charge on any atom is -0.327 e. The highest BCUT2D eigenvalue weighted by molar-refractivity contribution is 7.99. The van der Waals surface area contributed by atoms with Gasteiger partial charge in [-0.15, -0.1) is 0 Å². The Kier molecular flexibility index (Phi) is 6.80. The Morgan fingerprint density at radius 1 is 1.18 bits per heavy atom. The van der Waals surface area contributed by atoms with E-state index in [1.54, 1.807) is 24.3 Å². The van der Waals surface area contributed by atoms with Crippen molar-refractivity contribution in [3.8, 4) is 0 Å². The number of nitrogens with zero attached hydrogens (tertiary/aromatic N) is 1. The zero-order valence-electron chi connectivity index (χ0n) is 14.5. The molecule has 1 heterocycles. The molecule has 3 rings (SSSR count). The summed E-state index contributed by atoms with van der Waals surface area (Å²) < 4.78 is 25.1. The summed E-state index contributed by atoms with van der Waals surface area (Å²) in [5, 5.41) is 3.35. The number of rotatable bonds is 5. The molecule has 2 aromatic carbocycles. The van der Waals surface area contributed by atoms with Crippen LogP contribution in [0.25, 0.3) is 0 Å². The molecule has 1 fully saturated rings. The number of halogens is 4. The number of thioether (sulfide) groups is 1. The summed E-state index contributed by atoms with van der Waals surface area (Å²) in [6, 6.07) is 10.1. The fourth-order valence-corrected chi connectivity index (χ4v) is 4.00. The van der Waals surface area contributed by atoms with Gasteiger partial charge in [-0.05, 0) is 49.2 Å². The summed E-state index contributed by atoms with van der Waals surface area (Å²) in [7, 11) is 0. The molecule has 0 aliphatic carbocycles. The standard InChI is InChI=1S/C19H16Cl2F2N2O2S/c20-11-6-7-15(21)14(9-11)18(27)25-8-2-5-16(25)17(26)24-12-3-1-4-13(10-12)28-19(22)23/h1,3-4,6-7,9-10,16,19H,2,5,8H2,(H,24,26). The van der Waals surface area contributed by atoms with Crippen molar-refractivity contribution >= 4 is 52.5 Å². The third-order valence-electron chi connectivity index (χ3n) is 4.30. The zero-order chi connectivity index (χ0) is 20.3. The molecule has 148 valence electrons. The molecule has 0 saturated carbocycles. The lowest BCUT2D eigenvalue weighted by Gasteiger charge is -2.24. The largest absolute Gasteiger partial charge is 0.327 e. The molecule has 0 spiro atoms. The van der Waals surface area contributed by atoms with Crippen LogP contribution in [0.5, 0.6) is 0 Å². The Morgan fingerprint density at radius 3 is 2.71 bits per heavy atom. The van der Waals surface area contributed by atoms with Crippen LogP contribution in [0, 0.1) is 0 Å². The number of alkyl halides is 2. The van der Waals surface area contributed by atoms with Gasteiger partial charge in [0.2, 0.25) is 5.91 Å². The van der Waals surface area contributed by atoms with E-state index in [2.05, 4.69) is 5.32 Å².